The van der Waals surface area contributed by atoms with Crippen LogP contribution in [0.5, 0.6) is 5.75 Å². The van der Waals surface area contributed by atoms with E-state index in [4.69, 9.17) is 21.1 Å². The van der Waals surface area contributed by atoms with Crippen molar-refractivity contribution in [1.29, 1.82) is 0 Å². The lowest BCUT2D eigenvalue weighted by atomic mass is 10.1. The van der Waals surface area contributed by atoms with E-state index >= 15 is 0 Å². The van der Waals surface area contributed by atoms with Gasteiger partial charge in [-0.3, -0.25) is 0 Å². The first-order valence-electron chi connectivity index (χ1n) is 7.21. The highest BCUT2D eigenvalue weighted by atomic mass is 35.5. The molecule has 1 aliphatic carbocycles. The van der Waals surface area contributed by atoms with Crippen LogP contribution in [0.1, 0.15) is 38.7 Å². The third-order valence-corrected chi connectivity index (χ3v) is 3.79. The molecular formula is C16H21ClFNO3. The number of methoxy groups -OCH3 is 1. The summed E-state index contributed by atoms with van der Waals surface area (Å²) in [6.07, 6.45) is 0.468. The molecule has 0 saturated heterocycles. The number of rotatable bonds is 4. The van der Waals surface area contributed by atoms with Crippen LogP contribution in [0.15, 0.2) is 12.1 Å². The lowest BCUT2D eigenvalue weighted by Crippen LogP contribution is -2.33. The van der Waals surface area contributed by atoms with Crippen molar-refractivity contribution < 1.29 is 18.7 Å². The Morgan fingerprint density at radius 3 is 2.73 bits per heavy atom. The van der Waals surface area contributed by atoms with E-state index in [0.29, 0.717) is 12.3 Å². The second-order valence-corrected chi connectivity index (χ2v) is 6.90. The second-order valence-electron chi connectivity index (χ2n) is 6.49. The van der Waals surface area contributed by atoms with Gasteiger partial charge in [-0.15, -0.1) is 0 Å². The van der Waals surface area contributed by atoms with Crippen molar-refractivity contribution in [3.8, 4) is 5.75 Å². The van der Waals surface area contributed by atoms with Gasteiger partial charge in [0.1, 0.15) is 17.2 Å². The predicted molar refractivity (Wildman–Crippen MR) is 83.0 cm³/mol. The molecule has 0 radical (unpaired) electrons. The predicted octanol–water partition coefficient (Wildman–Crippen LogP) is 4.12. The molecule has 0 heterocycles. The highest BCUT2D eigenvalue weighted by Crippen LogP contribution is 2.50. The Balaban J connectivity index is 1.93. The molecule has 0 aliphatic heterocycles. The maximum atomic E-state index is 13.5. The topological polar surface area (TPSA) is 47.6 Å². The van der Waals surface area contributed by atoms with Crippen molar-refractivity contribution in [2.24, 2.45) is 5.92 Å². The second kappa shape index (κ2) is 6.32. The van der Waals surface area contributed by atoms with Gasteiger partial charge in [0.15, 0.2) is 0 Å². The molecule has 1 aliphatic rings. The van der Waals surface area contributed by atoms with Crippen molar-refractivity contribution in [2.45, 2.75) is 38.7 Å². The molecule has 0 spiro atoms. The van der Waals surface area contributed by atoms with Crippen LogP contribution in [0.25, 0.3) is 0 Å². The van der Waals surface area contributed by atoms with E-state index in [1.807, 2.05) is 20.8 Å². The molecule has 1 amide bonds. The molecule has 1 unspecified atom stereocenters. The number of hydrogen-bond acceptors (Lipinski definition) is 3. The Morgan fingerprint density at radius 1 is 1.45 bits per heavy atom. The average molecular weight is 330 g/mol. The van der Waals surface area contributed by atoms with Gasteiger partial charge >= 0.3 is 6.09 Å². The van der Waals surface area contributed by atoms with Gasteiger partial charge in [0.25, 0.3) is 0 Å². The minimum absolute atomic E-state index is 0.0848. The molecule has 0 aromatic heterocycles. The number of nitrogens with one attached hydrogen (secondary N) is 1. The summed E-state index contributed by atoms with van der Waals surface area (Å²) in [6.45, 7) is 5.96. The Hall–Kier alpha value is -1.49. The number of halogens is 2. The quantitative estimate of drug-likeness (QED) is 0.904. The summed E-state index contributed by atoms with van der Waals surface area (Å²) in [5.41, 5.74) is 0.366. The first-order valence-corrected chi connectivity index (χ1v) is 7.59. The van der Waals surface area contributed by atoms with Crippen molar-refractivity contribution in [3.63, 3.8) is 0 Å². The highest BCUT2D eigenvalue weighted by molar-refractivity contribution is 6.30. The van der Waals surface area contributed by atoms with Gasteiger partial charge in [-0.1, -0.05) is 11.6 Å². The van der Waals surface area contributed by atoms with Crippen LogP contribution in [0.2, 0.25) is 5.02 Å². The molecule has 2 atom stereocenters. The van der Waals surface area contributed by atoms with E-state index in [1.165, 1.54) is 13.2 Å². The molecule has 6 heteroatoms. The van der Waals surface area contributed by atoms with E-state index in [9.17, 15) is 9.18 Å². The minimum atomic E-state index is -0.513. The summed E-state index contributed by atoms with van der Waals surface area (Å²) in [5, 5.41) is 2.84. The summed E-state index contributed by atoms with van der Waals surface area (Å²) >= 11 is 5.84. The summed E-state index contributed by atoms with van der Waals surface area (Å²) in [5.74, 6) is 0.490. The monoisotopic (exact) mass is 329 g/mol. The molecule has 1 N–H and O–H groups in total. The number of benzene rings is 1. The zero-order chi connectivity index (χ0) is 16.5. The summed E-state index contributed by atoms with van der Waals surface area (Å²) < 4.78 is 23.9. The van der Waals surface area contributed by atoms with Gasteiger partial charge in [0, 0.05) is 12.6 Å². The Morgan fingerprint density at radius 2 is 2.14 bits per heavy atom. The number of carbonyl (C=O) groups is 1. The summed E-state index contributed by atoms with van der Waals surface area (Å²) in [7, 11) is 1.50. The molecule has 0 bridgehead atoms. The van der Waals surface area contributed by atoms with E-state index < -0.39 is 17.5 Å². The molecule has 1 fully saturated rings. The fraction of sp³-hybridized carbons (Fsp3) is 0.562. The molecular weight excluding hydrogens is 309 g/mol. The van der Waals surface area contributed by atoms with Crippen LogP contribution in [0.4, 0.5) is 9.18 Å². The largest absolute Gasteiger partial charge is 0.496 e. The van der Waals surface area contributed by atoms with Crippen molar-refractivity contribution in [1.82, 2.24) is 5.32 Å². The minimum Gasteiger partial charge on any atom is -0.496 e. The van der Waals surface area contributed by atoms with Crippen LogP contribution >= 0.6 is 11.6 Å². The molecule has 22 heavy (non-hydrogen) atoms. The van der Waals surface area contributed by atoms with E-state index in [-0.39, 0.29) is 16.9 Å². The maximum absolute atomic E-state index is 13.5. The third-order valence-electron chi connectivity index (χ3n) is 3.50. The lowest BCUT2D eigenvalue weighted by molar-refractivity contribution is 0.0525. The van der Waals surface area contributed by atoms with Gasteiger partial charge in [-0.2, -0.15) is 0 Å². The first kappa shape index (κ1) is 16.9. The van der Waals surface area contributed by atoms with E-state index in [0.717, 1.165) is 12.0 Å². The Kier molecular flexibility index (Phi) is 4.85. The van der Waals surface area contributed by atoms with Gasteiger partial charge < -0.3 is 14.8 Å². The standard InChI is InChI=1S/C16H21ClFNO3/c1-16(2,3)22-15(20)19-8-9-5-10(9)11-6-12(17)13(18)7-14(11)21-4/h6-7,9-10H,5,8H2,1-4H3,(H,19,20)/t9-,10?/m0/s1. The van der Waals surface area contributed by atoms with Gasteiger partial charge in [0.05, 0.1) is 12.1 Å². The smallest absolute Gasteiger partial charge is 0.407 e. The van der Waals surface area contributed by atoms with Gasteiger partial charge in [-0.25, -0.2) is 9.18 Å². The number of carbonyl (C=O) groups excluding carboxylic acids is 1. The zero-order valence-corrected chi connectivity index (χ0v) is 14.0. The number of ether oxygens (including phenoxy) is 2. The van der Waals surface area contributed by atoms with Crippen LogP contribution in [0, 0.1) is 11.7 Å². The fourth-order valence-electron chi connectivity index (χ4n) is 2.39. The maximum Gasteiger partial charge on any atom is 0.407 e. The summed E-state index contributed by atoms with van der Waals surface area (Å²) in [6, 6.07) is 2.90. The normalized spacial score (nSPS) is 20.5. The number of alkyl carbamates (subject to hydrolysis) is 1. The molecule has 1 saturated carbocycles. The van der Waals surface area contributed by atoms with E-state index in [1.54, 1.807) is 6.07 Å². The molecule has 1 aromatic rings. The van der Waals surface area contributed by atoms with Crippen LogP contribution in [-0.2, 0) is 4.74 Å². The number of hydrogen-bond donors (Lipinski definition) is 1. The molecule has 1 aromatic carbocycles. The van der Waals surface area contributed by atoms with Crippen molar-refractivity contribution in [3.05, 3.63) is 28.5 Å². The Bertz CT molecular complexity index is 571. The van der Waals surface area contributed by atoms with Crippen molar-refractivity contribution >= 4 is 17.7 Å². The lowest BCUT2D eigenvalue weighted by Gasteiger charge is -2.19. The summed E-state index contributed by atoms with van der Waals surface area (Å²) in [4.78, 5) is 11.6. The van der Waals surface area contributed by atoms with Gasteiger partial charge in [0.2, 0.25) is 0 Å². The third kappa shape index (κ3) is 4.26. The zero-order valence-electron chi connectivity index (χ0n) is 13.2. The fourth-order valence-corrected chi connectivity index (χ4v) is 2.57. The molecule has 122 valence electrons. The van der Waals surface area contributed by atoms with E-state index in [2.05, 4.69) is 5.32 Å². The van der Waals surface area contributed by atoms with Crippen LogP contribution in [0.3, 0.4) is 0 Å². The Labute approximate surface area is 134 Å². The first-order chi connectivity index (χ1) is 10.2. The van der Waals surface area contributed by atoms with Crippen LogP contribution < -0.4 is 10.1 Å². The van der Waals surface area contributed by atoms with Crippen molar-refractivity contribution in [2.75, 3.05) is 13.7 Å². The molecule has 2 rings (SSSR count). The SMILES string of the molecule is COc1cc(F)c(Cl)cc1C1C[C@H]1CNC(=O)OC(C)(C)C. The highest BCUT2D eigenvalue weighted by Gasteiger charge is 2.40. The molecule has 4 nitrogen and oxygen atoms in total. The van der Waals surface area contributed by atoms with Gasteiger partial charge in [-0.05, 0) is 50.7 Å². The van der Waals surface area contributed by atoms with Crippen LogP contribution in [-0.4, -0.2) is 25.3 Å². The average Bonchev–Trinajstić information content (AvgIpc) is 3.16. The number of amides is 1.